The number of carbonyl (C=O) groups is 4. The van der Waals surface area contributed by atoms with Crippen molar-refractivity contribution in [3.05, 3.63) is 131 Å². The van der Waals surface area contributed by atoms with E-state index in [2.05, 4.69) is 0 Å². The molecule has 0 saturated heterocycles. The lowest BCUT2D eigenvalue weighted by atomic mass is 10.0. The normalized spacial score (nSPS) is 13.2. The Morgan fingerprint density at radius 3 is 1.76 bits per heavy atom. The minimum atomic E-state index is -1.21. The van der Waals surface area contributed by atoms with Crippen molar-refractivity contribution in [2.24, 2.45) is 0 Å². The average molecular weight is 490 g/mol. The minimum Gasteiger partial charge on any atom is -0.456 e. The zero-order valence-electron chi connectivity index (χ0n) is 19.9. The zero-order valence-corrected chi connectivity index (χ0v) is 19.9. The Labute approximate surface area is 214 Å². The number of ether oxygens (including phenoxy) is 1. The summed E-state index contributed by atoms with van der Waals surface area (Å²) in [6.07, 6.45) is 0.0745. The van der Waals surface area contributed by atoms with Crippen LogP contribution in [0.25, 0.3) is 11.1 Å². The molecule has 0 spiro atoms. The largest absolute Gasteiger partial charge is 0.456 e. The number of imide groups is 1. The van der Waals surface area contributed by atoms with E-state index < -0.39 is 30.4 Å². The molecule has 1 unspecified atom stereocenters. The van der Waals surface area contributed by atoms with Gasteiger partial charge in [0.15, 0.2) is 12.4 Å². The molecule has 0 saturated carbocycles. The van der Waals surface area contributed by atoms with E-state index in [0.717, 1.165) is 21.6 Å². The van der Waals surface area contributed by atoms with Crippen molar-refractivity contribution in [2.45, 2.75) is 12.5 Å². The Balaban J connectivity index is 1.32. The van der Waals surface area contributed by atoms with Crippen LogP contribution < -0.4 is 0 Å². The number of benzene rings is 4. The monoisotopic (exact) mass is 489 g/mol. The number of nitrogens with zero attached hydrogens (tertiary/aromatic N) is 1. The Hall–Kier alpha value is -4.84. The van der Waals surface area contributed by atoms with Gasteiger partial charge in [-0.1, -0.05) is 97.1 Å². The summed E-state index contributed by atoms with van der Waals surface area (Å²) in [5.41, 5.74) is 3.62. The van der Waals surface area contributed by atoms with Gasteiger partial charge < -0.3 is 4.74 Å². The number of esters is 1. The summed E-state index contributed by atoms with van der Waals surface area (Å²) in [6.45, 7) is -0.502. The van der Waals surface area contributed by atoms with E-state index in [1.165, 1.54) is 0 Å². The van der Waals surface area contributed by atoms with Crippen LogP contribution in [0.5, 0.6) is 0 Å². The molecule has 182 valence electrons. The molecule has 6 heteroatoms. The van der Waals surface area contributed by atoms with Crippen LogP contribution in [-0.4, -0.2) is 41.1 Å². The fraction of sp³-hybridized carbons (Fsp3) is 0.0968. The number of amides is 2. The maximum Gasteiger partial charge on any atom is 0.330 e. The summed E-state index contributed by atoms with van der Waals surface area (Å²) < 4.78 is 5.38. The average Bonchev–Trinajstić information content (AvgIpc) is 3.20. The molecule has 2 amide bonds. The third-order valence-electron chi connectivity index (χ3n) is 6.34. The Morgan fingerprint density at radius 1 is 0.649 bits per heavy atom. The van der Waals surface area contributed by atoms with Gasteiger partial charge in [-0.3, -0.25) is 19.3 Å². The first-order valence-corrected chi connectivity index (χ1v) is 11.9. The van der Waals surface area contributed by atoms with Crippen molar-refractivity contribution in [3.8, 4) is 11.1 Å². The quantitative estimate of drug-likeness (QED) is 0.198. The van der Waals surface area contributed by atoms with Gasteiger partial charge in [-0.15, -0.1) is 0 Å². The lowest BCUT2D eigenvalue weighted by Gasteiger charge is -2.24. The number of carbonyl (C=O) groups excluding carboxylic acids is 4. The third-order valence-corrected chi connectivity index (χ3v) is 6.34. The van der Waals surface area contributed by atoms with Gasteiger partial charge >= 0.3 is 5.97 Å². The summed E-state index contributed by atoms with van der Waals surface area (Å²) in [6, 6.07) is 31.1. The Morgan fingerprint density at radius 2 is 1.16 bits per heavy atom. The number of Topliss-reactive ketones (excluding diaryl/α,β-unsaturated/α-hetero) is 1. The van der Waals surface area contributed by atoms with Crippen LogP contribution in [0.4, 0.5) is 0 Å². The smallest absolute Gasteiger partial charge is 0.330 e. The first-order valence-electron chi connectivity index (χ1n) is 11.9. The van der Waals surface area contributed by atoms with Gasteiger partial charge in [0.1, 0.15) is 6.04 Å². The summed E-state index contributed by atoms with van der Waals surface area (Å²) in [5, 5.41) is 0. The highest BCUT2D eigenvalue weighted by molar-refractivity contribution is 6.22. The van der Waals surface area contributed by atoms with E-state index in [1.54, 1.807) is 48.5 Å². The van der Waals surface area contributed by atoms with Crippen molar-refractivity contribution < 1.29 is 23.9 Å². The molecule has 5 rings (SSSR count). The SMILES string of the molecule is O=C(COC(=O)C(Cc1ccccc1)N1C(=O)c2ccccc2C1=O)c1ccc(-c2ccccc2)cc1. The second kappa shape index (κ2) is 10.4. The molecule has 4 aromatic rings. The maximum atomic E-state index is 13.2. The summed E-state index contributed by atoms with van der Waals surface area (Å²) in [4.78, 5) is 53.1. The van der Waals surface area contributed by atoms with Crippen molar-refractivity contribution in [1.82, 2.24) is 4.90 Å². The topological polar surface area (TPSA) is 80.8 Å². The lowest BCUT2D eigenvalue weighted by molar-refractivity contribution is -0.147. The first-order chi connectivity index (χ1) is 18.0. The molecule has 1 heterocycles. The van der Waals surface area contributed by atoms with Gasteiger partial charge in [-0.05, 0) is 28.8 Å². The maximum absolute atomic E-state index is 13.2. The highest BCUT2D eigenvalue weighted by Gasteiger charge is 2.43. The molecule has 0 N–H and O–H groups in total. The molecular weight excluding hydrogens is 466 g/mol. The molecule has 0 bridgehead atoms. The minimum absolute atomic E-state index is 0.0745. The molecule has 1 aliphatic heterocycles. The number of hydrogen-bond donors (Lipinski definition) is 0. The van der Waals surface area contributed by atoms with Crippen molar-refractivity contribution in [2.75, 3.05) is 6.61 Å². The van der Waals surface area contributed by atoms with Crippen LogP contribution in [0.2, 0.25) is 0 Å². The second-order valence-corrected chi connectivity index (χ2v) is 8.71. The van der Waals surface area contributed by atoms with Crippen LogP contribution in [0.1, 0.15) is 36.6 Å². The van der Waals surface area contributed by atoms with E-state index in [-0.39, 0.29) is 23.3 Å². The number of ketones is 1. The van der Waals surface area contributed by atoms with Crippen LogP contribution >= 0.6 is 0 Å². The van der Waals surface area contributed by atoms with Gasteiger partial charge in [0.05, 0.1) is 11.1 Å². The van der Waals surface area contributed by atoms with Crippen molar-refractivity contribution >= 4 is 23.6 Å². The highest BCUT2D eigenvalue weighted by atomic mass is 16.5. The predicted molar refractivity (Wildman–Crippen MR) is 138 cm³/mol. The summed E-state index contributed by atoms with van der Waals surface area (Å²) in [7, 11) is 0. The standard InChI is InChI=1S/C31H23NO5/c33-28(24-17-15-23(16-18-24)22-11-5-2-6-12-22)20-37-31(36)27(19-21-9-3-1-4-10-21)32-29(34)25-13-7-8-14-26(25)30(32)35/h1-18,27H,19-20H2. The van der Waals surface area contributed by atoms with Gasteiger partial charge in [0.25, 0.3) is 11.8 Å². The van der Waals surface area contributed by atoms with Crippen LogP contribution in [0.15, 0.2) is 109 Å². The molecule has 0 fully saturated rings. The molecule has 0 aliphatic carbocycles. The molecular formula is C31H23NO5. The first kappa shape index (κ1) is 23.9. The zero-order chi connectivity index (χ0) is 25.8. The van der Waals surface area contributed by atoms with Crippen LogP contribution in [0.3, 0.4) is 0 Å². The van der Waals surface area contributed by atoms with E-state index in [1.807, 2.05) is 60.7 Å². The molecule has 4 aromatic carbocycles. The number of rotatable bonds is 8. The molecule has 37 heavy (non-hydrogen) atoms. The van der Waals surface area contributed by atoms with Crippen LogP contribution in [-0.2, 0) is 16.0 Å². The van der Waals surface area contributed by atoms with Crippen molar-refractivity contribution in [1.29, 1.82) is 0 Å². The fourth-order valence-electron chi connectivity index (χ4n) is 4.40. The molecule has 1 aliphatic rings. The third kappa shape index (κ3) is 4.95. The Kier molecular flexibility index (Phi) is 6.72. The lowest BCUT2D eigenvalue weighted by Crippen LogP contribution is -2.47. The molecule has 0 aromatic heterocycles. The van der Waals surface area contributed by atoms with Crippen LogP contribution in [0, 0.1) is 0 Å². The molecule has 0 radical (unpaired) electrons. The molecule has 6 nitrogen and oxygen atoms in total. The van der Waals surface area contributed by atoms with Gasteiger partial charge in [-0.2, -0.15) is 0 Å². The van der Waals surface area contributed by atoms with Gasteiger partial charge in [0, 0.05) is 12.0 Å². The van der Waals surface area contributed by atoms with E-state index in [4.69, 9.17) is 4.74 Å². The molecule has 1 atom stereocenters. The van der Waals surface area contributed by atoms with Crippen molar-refractivity contribution in [3.63, 3.8) is 0 Å². The van der Waals surface area contributed by atoms with E-state index >= 15 is 0 Å². The summed E-state index contributed by atoms with van der Waals surface area (Å²) in [5.74, 6) is -2.30. The van der Waals surface area contributed by atoms with E-state index in [9.17, 15) is 19.2 Å². The predicted octanol–water partition coefficient (Wildman–Crippen LogP) is 4.99. The van der Waals surface area contributed by atoms with Gasteiger partial charge in [-0.25, -0.2) is 4.79 Å². The second-order valence-electron chi connectivity index (χ2n) is 8.71. The van der Waals surface area contributed by atoms with Gasteiger partial charge in [0.2, 0.25) is 0 Å². The van der Waals surface area contributed by atoms with E-state index in [0.29, 0.717) is 5.56 Å². The number of fused-ring (bicyclic) bond motifs is 1. The summed E-state index contributed by atoms with van der Waals surface area (Å²) >= 11 is 0. The Bertz CT molecular complexity index is 1430. The fourth-order valence-corrected chi connectivity index (χ4v) is 4.40. The highest BCUT2D eigenvalue weighted by Crippen LogP contribution is 2.27. The number of hydrogen-bond acceptors (Lipinski definition) is 5.